The fraction of sp³-hybridized carbons (Fsp3) is 0.579. The molecule has 1 atom stereocenters. The number of methoxy groups -OCH3 is 1. The molecule has 1 fully saturated rings. The molecule has 1 aromatic rings. The van der Waals surface area contributed by atoms with Crippen LogP contribution in [0.2, 0.25) is 0 Å². The highest BCUT2D eigenvalue weighted by atomic mass is 16.5. The zero-order chi connectivity index (χ0) is 19.3. The molecule has 144 valence electrons. The van der Waals surface area contributed by atoms with Crippen molar-refractivity contribution in [3.05, 3.63) is 29.3 Å². The summed E-state index contributed by atoms with van der Waals surface area (Å²) in [5.41, 5.74) is 2.04. The Morgan fingerprint density at radius 1 is 1.38 bits per heavy atom. The minimum atomic E-state index is -0.818. The maximum Gasteiger partial charge on any atom is 0.317 e. The van der Waals surface area contributed by atoms with Crippen LogP contribution in [0.15, 0.2) is 18.2 Å². The average Bonchev–Trinajstić information content (AvgIpc) is 2.55. The average molecular weight is 363 g/mol. The highest BCUT2D eigenvalue weighted by Gasteiger charge is 2.34. The summed E-state index contributed by atoms with van der Waals surface area (Å²) < 4.78 is 5.38. The van der Waals surface area contributed by atoms with Crippen LogP contribution in [0.25, 0.3) is 0 Å². The summed E-state index contributed by atoms with van der Waals surface area (Å²) in [6, 6.07) is 5.78. The number of ether oxygens (including phenoxy) is 1. The van der Waals surface area contributed by atoms with E-state index >= 15 is 0 Å². The highest BCUT2D eigenvalue weighted by Crippen LogP contribution is 2.27. The summed E-state index contributed by atoms with van der Waals surface area (Å²) in [5.74, 6) is -0.0682. The zero-order valence-electron chi connectivity index (χ0n) is 15.9. The molecule has 7 nitrogen and oxygen atoms in total. The molecule has 0 unspecified atom stereocenters. The van der Waals surface area contributed by atoms with E-state index in [4.69, 9.17) is 9.84 Å². The molecule has 0 heterocycles. The number of nitrogens with one attached hydrogen (secondary N) is 2. The monoisotopic (exact) mass is 363 g/mol. The van der Waals surface area contributed by atoms with Gasteiger partial charge in [0.05, 0.1) is 19.7 Å². The van der Waals surface area contributed by atoms with Crippen LogP contribution in [-0.2, 0) is 4.79 Å². The number of carboxylic acids is 1. The van der Waals surface area contributed by atoms with Crippen molar-refractivity contribution >= 4 is 12.0 Å². The van der Waals surface area contributed by atoms with Gasteiger partial charge in [-0.2, -0.15) is 0 Å². The van der Waals surface area contributed by atoms with Gasteiger partial charge in [-0.05, 0) is 39.3 Å². The van der Waals surface area contributed by atoms with Gasteiger partial charge in [-0.15, -0.1) is 0 Å². The Bertz CT molecular complexity index is 644. The lowest BCUT2D eigenvalue weighted by Crippen LogP contribution is -2.56. The van der Waals surface area contributed by atoms with Gasteiger partial charge in [0.15, 0.2) is 0 Å². The van der Waals surface area contributed by atoms with E-state index in [1.54, 1.807) is 7.11 Å². The molecule has 0 saturated heterocycles. The van der Waals surface area contributed by atoms with Gasteiger partial charge >= 0.3 is 12.0 Å². The van der Waals surface area contributed by atoms with Crippen LogP contribution in [0.5, 0.6) is 5.75 Å². The van der Waals surface area contributed by atoms with Crippen LogP contribution >= 0.6 is 0 Å². The van der Waals surface area contributed by atoms with Gasteiger partial charge in [0.1, 0.15) is 5.75 Å². The predicted octanol–water partition coefficient (Wildman–Crippen LogP) is 2.30. The summed E-state index contributed by atoms with van der Waals surface area (Å²) in [4.78, 5) is 25.1. The maximum atomic E-state index is 12.3. The summed E-state index contributed by atoms with van der Waals surface area (Å²) in [6.45, 7) is 6.62. The topological polar surface area (TPSA) is 90.9 Å². The van der Waals surface area contributed by atoms with Crippen molar-refractivity contribution in [2.45, 2.75) is 51.7 Å². The molecule has 0 aromatic heterocycles. The number of rotatable bonds is 8. The van der Waals surface area contributed by atoms with E-state index in [0.717, 1.165) is 29.7 Å². The lowest BCUT2D eigenvalue weighted by atomic mass is 9.85. The summed E-state index contributed by atoms with van der Waals surface area (Å²) in [6.07, 6.45) is 1.55. The SMILES string of the molecule is CCN(CC(=O)O)C1CC(NC(=O)N[C@@H](C)c2cc(C)ccc2OC)C1. The van der Waals surface area contributed by atoms with Crippen LogP contribution in [0.3, 0.4) is 0 Å². The molecule has 1 aromatic carbocycles. The minimum absolute atomic E-state index is 0.0459. The number of aryl methyl sites for hydroxylation is 1. The Labute approximate surface area is 154 Å². The molecule has 0 aliphatic heterocycles. The number of carboxylic acid groups (broad SMARTS) is 1. The van der Waals surface area contributed by atoms with E-state index in [1.807, 2.05) is 43.9 Å². The summed E-state index contributed by atoms with van der Waals surface area (Å²) >= 11 is 0. The van der Waals surface area contributed by atoms with Gasteiger partial charge < -0.3 is 20.5 Å². The number of carbonyl (C=O) groups is 2. The molecule has 2 rings (SSSR count). The van der Waals surface area contributed by atoms with Gasteiger partial charge in [0.2, 0.25) is 0 Å². The van der Waals surface area contributed by atoms with Crippen molar-refractivity contribution < 1.29 is 19.4 Å². The molecule has 1 saturated carbocycles. The molecule has 0 spiro atoms. The molecule has 3 N–H and O–H groups in total. The highest BCUT2D eigenvalue weighted by molar-refractivity contribution is 5.75. The van der Waals surface area contributed by atoms with Gasteiger partial charge in [-0.25, -0.2) is 4.79 Å². The van der Waals surface area contributed by atoms with Crippen LogP contribution < -0.4 is 15.4 Å². The van der Waals surface area contributed by atoms with Crippen LogP contribution in [-0.4, -0.2) is 54.3 Å². The number of hydrogen-bond acceptors (Lipinski definition) is 4. The van der Waals surface area contributed by atoms with E-state index in [-0.39, 0.29) is 30.7 Å². The van der Waals surface area contributed by atoms with Crippen molar-refractivity contribution in [1.82, 2.24) is 15.5 Å². The first-order valence-electron chi connectivity index (χ1n) is 9.01. The fourth-order valence-electron chi connectivity index (χ4n) is 3.37. The second kappa shape index (κ2) is 8.89. The lowest BCUT2D eigenvalue weighted by molar-refractivity contribution is -0.139. The van der Waals surface area contributed by atoms with E-state index in [9.17, 15) is 9.59 Å². The first-order valence-corrected chi connectivity index (χ1v) is 9.01. The van der Waals surface area contributed by atoms with Crippen LogP contribution in [0, 0.1) is 6.92 Å². The van der Waals surface area contributed by atoms with E-state index < -0.39 is 5.97 Å². The molecule has 0 bridgehead atoms. The van der Waals surface area contributed by atoms with Crippen molar-refractivity contribution in [3.63, 3.8) is 0 Å². The Balaban J connectivity index is 1.83. The third-order valence-electron chi connectivity index (χ3n) is 4.91. The molecule has 1 aliphatic rings. The first-order chi connectivity index (χ1) is 12.3. The number of amides is 2. The van der Waals surface area contributed by atoms with E-state index in [2.05, 4.69) is 10.6 Å². The van der Waals surface area contributed by atoms with Gasteiger partial charge in [0.25, 0.3) is 0 Å². The summed E-state index contributed by atoms with van der Waals surface area (Å²) in [5, 5.41) is 14.8. The molecular formula is C19H29N3O4. The number of benzene rings is 1. The van der Waals surface area contributed by atoms with E-state index in [1.165, 1.54) is 0 Å². The molecule has 1 aliphatic carbocycles. The second-order valence-corrected chi connectivity index (χ2v) is 6.86. The fourth-order valence-corrected chi connectivity index (χ4v) is 3.37. The Kier molecular flexibility index (Phi) is 6.85. The Morgan fingerprint density at radius 3 is 2.65 bits per heavy atom. The predicted molar refractivity (Wildman–Crippen MR) is 99.5 cm³/mol. The maximum absolute atomic E-state index is 12.3. The first kappa shape index (κ1) is 20.0. The number of carbonyl (C=O) groups excluding carboxylic acids is 1. The molecule has 26 heavy (non-hydrogen) atoms. The molecular weight excluding hydrogens is 334 g/mol. The lowest BCUT2D eigenvalue weighted by Gasteiger charge is -2.42. The second-order valence-electron chi connectivity index (χ2n) is 6.86. The number of hydrogen-bond donors (Lipinski definition) is 3. The minimum Gasteiger partial charge on any atom is -0.496 e. The normalized spacial score (nSPS) is 20.2. The van der Waals surface area contributed by atoms with Crippen LogP contribution in [0.4, 0.5) is 4.79 Å². The summed E-state index contributed by atoms with van der Waals surface area (Å²) in [7, 11) is 1.62. The third kappa shape index (κ3) is 5.11. The number of aliphatic carboxylic acids is 1. The Hall–Kier alpha value is -2.28. The van der Waals surface area contributed by atoms with Gasteiger partial charge in [-0.1, -0.05) is 24.6 Å². The van der Waals surface area contributed by atoms with Crippen LogP contribution in [0.1, 0.15) is 43.9 Å². The van der Waals surface area contributed by atoms with Gasteiger partial charge in [0, 0.05) is 17.6 Å². The number of likely N-dealkylation sites (N-methyl/N-ethyl adjacent to an activating group) is 1. The van der Waals surface area contributed by atoms with Crippen molar-refractivity contribution in [2.24, 2.45) is 0 Å². The van der Waals surface area contributed by atoms with Crippen molar-refractivity contribution in [1.29, 1.82) is 0 Å². The van der Waals surface area contributed by atoms with E-state index in [0.29, 0.717) is 6.54 Å². The molecule has 7 heteroatoms. The largest absolute Gasteiger partial charge is 0.496 e. The van der Waals surface area contributed by atoms with Gasteiger partial charge in [-0.3, -0.25) is 9.69 Å². The number of urea groups is 1. The smallest absolute Gasteiger partial charge is 0.317 e. The molecule has 2 amide bonds. The zero-order valence-corrected chi connectivity index (χ0v) is 15.9. The molecule has 0 radical (unpaired) electrons. The Morgan fingerprint density at radius 2 is 2.08 bits per heavy atom. The van der Waals surface area contributed by atoms with Crippen molar-refractivity contribution in [2.75, 3.05) is 20.2 Å². The third-order valence-corrected chi connectivity index (χ3v) is 4.91. The number of nitrogens with zero attached hydrogens (tertiary/aromatic N) is 1. The van der Waals surface area contributed by atoms with Crippen molar-refractivity contribution in [3.8, 4) is 5.75 Å². The quantitative estimate of drug-likeness (QED) is 0.659. The standard InChI is InChI=1S/C19H29N3O4/c1-5-22(11-18(23)24)15-9-14(10-15)21-19(25)20-13(3)16-8-12(2)6-7-17(16)26-4/h6-8,13-15H,5,9-11H2,1-4H3,(H,23,24)(H2,20,21,25)/t13-,14?,15?/m0/s1.